The average Bonchev–Trinajstić information content (AvgIpc) is 1.44. The number of thioether (sulfide) groups is 1. The quantitative estimate of drug-likeness (QED) is 0.00856. The lowest BCUT2D eigenvalue weighted by molar-refractivity contribution is -0.155. The monoisotopic (exact) mass is 1660 g/mol. The number of H-pyrrole nitrogens is 1. The Balaban J connectivity index is 0.855. The fourth-order valence-corrected chi connectivity index (χ4v) is 15.6. The van der Waals surface area contributed by atoms with Gasteiger partial charge in [-0.3, -0.25) is 62.7 Å². The molecule has 2 aromatic heterocycles. The molecule has 1 saturated heterocycles. The van der Waals surface area contributed by atoms with Crippen LogP contribution in [0.15, 0.2) is 96.0 Å². The van der Waals surface area contributed by atoms with E-state index in [1.54, 1.807) is 51.2 Å². The molecule has 3 aliphatic rings. The summed E-state index contributed by atoms with van der Waals surface area (Å²) < 4.78 is 41.4. The van der Waals surface area contributed by atoms with Gasteiger partial charge >= 0.3 is 11.9 Å². The first-order valence-electron chi connectivity index (χ1n) is 39.4. The first kappa shape index (κ1) is 90.1. The average molecular weight is 1660 g/mol. The highest BCUT2D eigenvalue weighted by atomic mass is 32.2. The van der Waals surface area contributed by atoms with E-state index in [1.807, 2.05) is 61.5 Å². The Bertz CT molecular complexity index is 4570. The largest absolute Gasteiger partial charge is 0.494 e. The molecule has 4 aromatic carbocycles. The molecule has 0 radical (unpaired) electrons. The molecule has 36 heteroatoms. The summed E-state index contributed by atoms with van der Waals surface area (Å²) >= 11 is 0.850. The summed E-state index contributed by atoms with van der Waals surface area (Å²) in [6, 6.07) is 13.9. The summed E-state index contributed by atoms with van der Waals surface area (Å²) in [5, 5.41) is 53.1. The van der Waals surface area contributed by atoms with E-state index in [0.29, 0.717) is 70.3 Å². The highest BCUT2D eigenvalue weighted by molar-refractivity contribution is 7.99. The van der Waals surface area contributed by atoms with Gasteiger partial charge < -0.3 is 114 Å². The number of Topliss-reactive ketones (excluding diaryl/α,β-unsaturated/α-hetero) is 1. The molecule has 14 atom stereocenters. The number of rotatable bonds is 45. The minimum Gasteiger partial charge on any atom is -0.494 e. The minimum atomic E-state index is -1.60. The van der Waals surface area contributed by atoms with Crippen LogP contribution in [0.1, 0.15) is 139 Å². The van der Waals surface area contributed by atoms with Gasteiger partial charge in [0.2, 0.25) is 65.7 Å². The number of ether oxygens (including phenoxy) is 7. The van der Waals surface area contributed by atoms with Crippen LogP contribution in [0.4, 0.5) is 0 Å². The van der Waals surface area contributed by atoms with Crippen LogP contribution >= 0.6 is 11.8 Å². The summed E-state index contributed by atoms with van der Waals surface area (Å²) in [4.78, 5) is 159. The Labute approximate surface area is 687 Å². The molecular weight excluding hydrogens is 1550 g/mol. The Kier molecular flexibility index (Phi) is 32.4. The van der Waals surface area contributed by atoms with Crippen LogP contribution in [-0.4, -0.2) is 193 Å². The molecule has 1 fully saturated rings. The number of aromatic hydroxyl groups is 2. The molecule has 8 amide bonds. The summed E-state index contributed by atoms with van der Waals surface area (Å²) in [7, 11) is 4.40. The number of hydrogen-bond donors (Lipinski definition) is 16. The fourth-order valence-electron chi connectivity index (χ4n) is 14.7. The van der Waals surface area contributed by atoms with Gasteiger partial charge in [0.1, 0.15) is 42.4 Å². The van der Waals surface area contributed by atoms with Gasteiger partial charge in [-0.25, -0.2) is 0 Å². The molecule has 0 spiro atoms. The van der Waals surface area contributed by atoms with Crippen molar-refractivity contribution in [2.24, 2.45) is 46.6 Å². The first-order chi connectivity index (χ1) is 56.5. The number of nitrogens with two attached hydrogens (primary N) is 4. The summed E-state index contributed by atoms with van der Waals surface area (Å²) in [5.41, 5.74) is 27.5. The van der Waals surface area contributed by atoms with E-state index in [0.717, 1.165) is 32.8 Å². The topological polar surface area (TPSA) is 538 Å². The number of para-hydroxylation sites is 1. The molecule has 9 rings (SSSR count). The molecular formula is C82H109N15O20S. The molecule has 0 saturated carbocycles. The molecule has 35 nitrogen and oxygen atoms in total. The van der Waals surface area contributed by atoms with Gasteiger partial charge in [-0.05, 0) is 123 Å². The number of carbonyl (C=O) groups is 11. The number of primary amides is 1. The number of fused-ring (bicyclic) bond motifs is 4. The predicted molar refractivity (Wildman–Crippen MR) is 434 cm³/mol. The molecule has 118 heavy (non-hydrogen) atoms. The number of aromatic nitrogens is 2. The van der Waals surface area contributed by atoms with Crippen LogP contribution in [0, 0.1) is 29.1 Å². The molecule has 0 bridgehead atoms. The number of benzene rings is 4. The van der Waals surface area contributed by atoms with Gasteiger partial charge in [0.05, 0.1) is 57.3 Å². The highest BCUT2D eigenvalue weighted by Gasteiger charge is 2.54. The summed E-state index contributed by atoms with van der Waals surface area (Å²) in [6.07, 6.45) is 0.949. The van der Waals surface area contributed by atoms with E-state index in [9.17, 15) is 63.0 Å². The third-order valence-electron chi connectivity index (χ3n) is 21.6. The number of nitrogens with one attached hydrogen (secondary N) is 10. The number of esters is 2. The number of nitrogens with zero attached hydrogens (tertiary/aromatic N) is 1. The van der Waals surface area contributed by atoms with Crippen molar-refractivity contribution in [1.82, 2.24) is 52.1 Å². The third kappa shape index (κ3) is 22.9. The van der Waals surface area contributed by atoms with Crippen molar-refractivity contribution in [3.8, 4) is 40.5 Å². The second kappa shape index (κ2) is 42.4. The molecule has 2 unspecified atom stereocenters. The van der Waals surface area contributed by atoms with Gasteiger partial charge in [0.15, 0.2) is 40.6 Å². The van der Waals surface area contributed by atoms with E-state index in [4.69, 9.17) is 61.5 Å². The number of unbranched alkanes of at least 4 members (excludes halogenated alkanes) is 1. The van der Waals surface area contributed by atoms with Gasteiger partial charge in [0.25, 0.3) is 0 Å². The van der Waals surface area contributed by atoms with Crippen LogP contribution < -0.4 is 89.2 Å². The summed E-state index contributed by atoms with van der Waals surface area (Å²) in [6.45, 7) is 8.10. The maximum absolute atomic E-state index is 14.8. The lowest BCUT2D eigenvalue weighted by Gasteiger charge is -2.38. The smallest absolute Gasteiger partial charge is 0.310 e. The Morgan fingerprint density at radius 1 is 0.661 bits per heavy atom. The van der Waals surface area contributed by atoms with Gasteiger partial charge in [-0.2, -0.15) is 0 Å². The number of aromatic amines is 1. The van der Waals surface area contributed by atoms with E-state index in [1.165, 1.54) is 34.3 Å². The number of hydrogen-bond acceptors (Lipinski definition) is 24. The van der Waals surface area contributed by atoms with E-state index in [2.05, 4.69) is 47.5 Å². The minimum absolute atomic E-state index is 0.0138. The Morgan fingerprint density at radius 3 is 1.83 bits per heavy atom. The number of carbonyl (C=O) groups excluding carboxylic acids is 11. The SMILES string of the molecule is CCC(C)[C@H](NC(=O)[C@H](CCCCN)NC(=O)[C@@H](NC(=O)[C@H](CCC(N)=O)NC(=O)[C@H](CCCNC(=N)N)NC(=O)[C@@H](N)CSc1cc(O)n(CCC(=O)O[C@H]2c3cc4c(cc3[C@@H](c3cc(OC)c(OC)c(OC)c3)[C@H]3C(=O)OC[C@@H]32)OCO4)c1O)C(C)CC)C(=O)N[C@@H](Cc1c[nH]c2ccccc12)C(=O)N[C@@H](Cc1ccccc1)C(C)=O. The molecule has 638 valence electrons. The molecule has 1 aliphatic carbocycles. The second-order valence-corrected chi connectivity index (χ2v) is 30.8. The molecule has 20 N–H and O–H groups in total. The number of methoxy groups -OCH3 is 3. The van der Waals surface area contributed by atoms with Gasteiger partial charge in [0, 0.05) is 72.2 Å². The highest BCUT2D eigenvalue weighted by Crippen LogP contribution is 2.57. The number of ketones is 1. The Morgan fingerprint density at radius 2 is 1.23 bits per heavy atom. The first-order valence-corrected chi connectivity index (χ1v) is 40.4. The number of cyclic esters (lactones) is 1. The van der Waals surface area contributed by atoms with Gasteiger partial charge in [-0.15, -0.1) is 11.8 Å². The lowest BCUT2D eigenvalue weighted by atomic mass is 9.66. The standard InChI is InChI=1S/C82H109N15O20S/c1-9-42(3)69(78(107)92-54(23-16-17-28-83)75(104)95-70(43(4)10-2)79(108)94-58(32-47-38-89-53-22-15-14-21-48(47)53)77(106)93-57(44(5)98)31-45-19-12-11-13-20-45)96-76(105)56(25-26-64(85)99)91-74(103)55(24-18-29-88-82(86)87)90-73(102)52(84)40-118-63-37-65(100)97(80(63)109)30-27-66(101)117-71-50-36-60-59(115-41-116-60)35-49(50)67(68-51(71)39-114-81(68)110)46-33-61(111-6)72(113-8)62(34-46)112-7/h11-15,19-22,33-38,42-43,51-52,54-58,67-71,89,100,109H,9-10,16-18,23-32,39-41,83-84H2,1-8H3,(H2,85,99)(H,90,102)(H,91,103)(H,92,107)(H,93,106)(H,94,108)(H,95,104)(H,96,105)(H4,86,87,88)/t42?,43?,51-,52-,54-,55-,56-,57-,58-,67+,68-,69-,70-,71-/m0/s1. The third-order valence-corrected chi connectivity index (χ3v) is 22.8. The zero-order valence-corrected chi connectivity index (χ0v) is 68.2. The predicted octanol–water partition coefficient (Wildman–Crippen LogP) is 3.38. The van der Waals surface area contributed by atoms with Crippen LogP contribution in [0.25, 0.3) is 10.9 Å². The lowest BCUT2D eigenvalue weighted by Crippen LogP contribution is -2.62. The van der Waals surface area contributed by atoms with Crippen molar-refractivity contribution in [3.63, 3.8) is 0 Å². The molecule has 4 heterocycles. The zero-order chi connectivity index (χ0) is 85.6. The van der Waals surface area contributed by atoms with Crippen molar-refractivity contribution < 1.29 is 96.1 Å². The van der Waals surface area contributed by atoms with E-state index in [-0.39, 0.29) is 94.0 Å². The van der Waals surface area contributed by atoms with E-state index < -0.39 is 174 Å². The van der Waals surface area contributed by atoms with Crippen molar-refractivity contribution in [2.75, 3.05) is 53.6 Å². The van der Waals surface area contributed by atoms with Crippen LogP contribution in [-0.2, 0) is 81.6 Å². The number of guanidine groups is 1. The van der Waals surface area contributed by atoms with E-state index >= 15 is 0 Å². The zero-order valence-electron chi connectivity index (χ0n) is 67.4. The molecule has 2 aliphatic heterocycles. The summed E-state index contributed by atoms with van der Waals surface area (Å²) in [5.74, 6) is -11.6. The maximum atomic E-state index is 14.8. The van der Waals surface area contributed by atoms with Crippen LogP contribution in [0.3, 0.4) is 0 Å². The Hall–Kier alpha value is -11.8. The normalized spacial score (nSPS) is 17.6. The van der Waals surface area contributed by atoms with Gasteiger partial charge in [-0.1, -0.05) is 89.1 Å². The van der Waals surface area contributed by atoms with Crippen molar-refractivity contribution >= 4 is 93.6 Å². The van der Waals surface area contributed by atoms with Crippen molar-refractivity contribution in [1.29, 1.82) is 5.41 Å². The number of amides is 8. The fraction of sp³-hybridized carbons (Fsp3) is 0.488. The van der Waals surface area contributed by atoms with Crippen molar-refractivity contribution in [3.05, 3.63) is 119 Å². The molecule has 6 aromatic rings. The van der Waals surface area contributed by atoms with Crippen LogP contribution in [0.2, 0.25) is 0 Å². The maximum Gasteiger partial charge on any atom is 0.310 e. The second-order valence-electron chi connectivity index (χ2n) is 29.7. The van der Waals surface area contributed by atoms with Crippen molar-refractivity contribution in [2.45, 2.75) is 183 Å². The van der Waals surface area contributed by atoms with Crippen LogP contribution in [0.5, 0.6) is 40.5 Å².